The van der Waals surface area contributed by atoms with Gasteiger partial charge in [-0.15, -0.1) is 0 Å². The van der Waals surface area contributed by atoms with Gasteiger partial charge in [0.1, 0.15) is 4.90 Å². The van der Waals surface area contributed by atoms with Gasteiger partial charge in [0.25, 0.3) is 0 Å². The first kappa shape index (κ1) is 14.8. The van der Waals surface area contributed by atoms with Crippen LogP contribution in [0.1, 0.15) is 33.1 Å². The first-order chi connectivity index (χ1) is 8.95. The lowest BCUT2D eigenvalue weighted by molar-refractivity contribution is 0.279. The summed E-state index contributed by atoms with van der Waals surface area (Å²) >= 11 is 5.98. The van der Waals surface area contributed by atoms with E-state index in [0.29, 0.717) is 13.1 Å². The Morgan fingerprint density at radius 2 is 2.11 bits per heavy atom. The van der Waals surface area contributed by atoms with Crippen molar-refractivity contribution in [2.75, 3.05) is 13.1 Å². The SMILES string of the molecule is CCC1(CC)CCN(S(=O)(=O)c2cnccc2Cl)C1. The maximum absolute atomic E-state index is 12.6. The van der Waals surface area contributed by atoms with Gasteiger partial charge in [-0.05, 0) is 30.7 Å². The van der Waals surface area contributed by atoms with Crippen molar-refractivity contribution >= 4 is 21.6 Å². The van der Waals surface area contributed by atoms with Gasteiger partial charge < -0.3 is 0 Å². The van der Waals surface area contributed by atoms with Gasteiger partial charge in [0.2, 0.25) is 10.0 Å². The van der Waals surface area contributed by atoms with Gasteiger partial charge >= 0.3 is 0 Å². The number of halogens is 1. The van der Waals surface area contributed by atoms with Crippen LogP contribution < -0.4 is 0 Å². The molecule has 6 heteroatoms. The number of sulfonamides is 1. The van der Waals surface area contributed by atoms with Crippen molar-refractivity contribution in [2.24, 2.45) is 5.41 Å². The average molecular weight is 303 g/mol. The zero-order valence-corrected chi connectivity index (χ0v) is 12.8. The van der Waals surface area contributed by atoms with E-state index in [4.69, 9.17) is 11.6 Å². The summed E-state index contributed by atoms with van der Waals surface area (Å²) in [5.41, 5.74) is 0.113. The van der Waals surface area contributed by atoms with Gasteiger partial charge in [-0.2, -0.15) is 4.31 Å². The summed E-state index contributed by atoms with van der Waals surface area (Å²) in [5, 5.41) is 0.237. The minimum absolute atomic E-state index is 0.111. The van der Waals surface area contributed by atoms with Gasteiger partial charge in [-0.3, -0.25) is 4.98 Å². The lowest BCUT2D eigenvalue weighted by atomic mass is 9.82. The Hall–Kier alpha value is -0.650. The molecule has 2 rings (SSSR count). The Bertz CT molecular complexity index is 556. The lowest BCUT2D eigenvalue weighted by Gasteiger charge is -2.26. The van der Waals surface area contributed by atoms with E-state index < -0.39 is 10.0 Å². The molecule has 0 unspecified atom stereocenters. The molecule has 0 aliphatic carbocycles. The van der Waals surface area contributed by atoms with Crippen LogP contribution in [0.4, 0.5) is 0 Å². The van der Waals surface area contributed by atoms with Crippen molar-refractivity contribution < 1.29 is 8.42 Å². The second-order valence-electron chi connectivity index (χ2n) is 5.10. The van der Waals surface area contributed by atoms with Crippen LogP contribution in [0.25, 0.3) is 0 Å². The summed E-state index contributed by atoms with van der Waals surface area (Å²) in [4.78, 5) is 3.98. The Labute approximate surface area is 119 Å². The molecule has 0 atom stereocenters. The van der Waals surface area contributed by atoms with Crippen LogP contribution in [0.2, 0.25) is 5.02 Å². The molecule has 1 aliphatic heterocycles. The predicted molar refractivity (Wildman–Crippen MR) is 75.6 cm³/mol. The quantitative estimate of drug-likeness (QED) is 0.859. The van der Waals surface area contributed by atoms with Gasteiger partial charge in [-0.1, -0.05) is 25.4 Å². The zero-order chi connectivity index (χ0) is 14.1. The standard InChI is InChI=1S/C13H19ClN2O2S/c1-3-13(4-2)6-8-16(10-13)19(17,18)12-9-15-7-5-11(12)14/h5,7,9H,3-4,6,8,10H2,1-2H3. The summed E-state index contributed by atoms with van der Waals surface area (Å²) in [5.74, 6) is 0. The summed E-state index contributed by atoms with van der Waals surface area (Å²) < 4.78 is 26.7. The smallest absolute Gasteiger partial charge is 0.246 e. The van der Waals surface area contributed by atoms with E-state index in [1.165, 1.54) is 18.5 Å². The highest BCUT2D eigenvalue weighted by Crippen LogP contribution is 2.39. The van der Waals surface area contributed by atoms with E-state index in [0.717, 1.165) is 19.3 Å². The highest BCUT2D eigenvalue weighted by atomic mass is 35.5. The third kappa shape index (κ3) is 2.64. The Morgan fingerprint density at radius 3 is 2.63 bits per heavy atom. The maximum Gasteiger partial charge on any atom is 0.246 e. The minimum atomic E-state index is -3.52. The molecule has 1 fully saturated rings. The molecule has 0 aromatic carbocycles. The topological polar surface area (TPSA) is 50.3 Å². The second-order valence-corrected chi connectivity index (χ2v) is 7.42. The second kappa shape index (κ2) is 5.38. The molecule has 0 N–H and O–H groups in total. The van der Waals surface area contributed by atoms with Crippen LogP contribution in [0.15, 0.2) is 23.4 Å². The predicted octanol–water partition coefficient (Wildman–Crippen LogP) is 2.94. The largest absolute Gasteiger partial charge is 0.263 e. The zero-order valence-electron chi connectivity index (χ0n) is 11.3. The van der Waals surface area contributed by atoms with Crippen LogP contribution in [0.5, 0.6) is 0 Å². The molecule has 1 aliphatic rings. The van der Waals surface area contributed by atoms with Gasteiger partial charge in [-0.25, -0.2) is 8.42 Å². The van der Waals surface area contributed by atoms with Crippen LogP contribution >= 0.6 is 11.6 Å². The molecule has 1 aromatic rings. The van der Waals surface area contributed by atoms with Crippen LogP contribution in [0, 0.1) is 5.41 Å². The third-order valence-corrected chi connectivity index (χ3v) is 6.57. The normalized spacial score (nSPS) is 19.7. The number of nitrogens with zero attached hydrogens (tertiary/aromatic N) is 2. The molecule has 0 radical (unpaired) electrons. The van der Waals surface area contributed by atoms with Crippen molar-refractivity contribution in [2.45, 2.75) is 38.0 Å². The van der Waals surface area contributed by atoms with Crippen LogP contribution in [-0.2, 0) is 10.0 Å². The van der Waals surface area contributed by atoms with Crippen molar-refractivity contribution in [1.29, 1.82) is 0 Å². The molecule has 0 spiro atoms. The first-order valence-corrected chi connectivity index (χ1v) is 8.37. The van der Waals surface area contributed by atoms with Gasteiger partial charge in [0.05, 0.1) is 5.02 Å². The number of rotatable bonds is 4. The summed E-state index contributed by atoms with van der Waals surface area (Å²) in [6.45, 7) is 5.39. The molecule has 2 heterocycles. The number of hydrogen-bond acceptors (Lipinski definition) is 3. The Kier molecular flexibility index (Phi) is 4.18. The number of aromatic nitrogens is 1. The minimum Gasteiger partial charge on any atom is -0.263 e. The van der Waals surface area contributed by atoms with Crippen LogP contribution in [0.3, 0.4) is 0 Å². The van der Waals surface area contributed by atoms with Gasteiger partial charge in [0, 0.05) is 25.5 Å². The molecule has 1 saturated heterocycles. The van der Waals surface area contributed by atoms with E-state index in [-0.39, 0.29) is 15.3 Å². The maximum atomic E-state index is 12.6. The monoisotopic (exact) mass is 302 g/mol. The summed E-state index contributed by atoms with van der Waals surface area (Å²) in [7, 11) is -3.52. The molecular weight excluding hydrogens is 284 g/mol. The molecular formula is C13H19ClN2O2S. The highest BCUT2D eigenvalue weighted by Gasteiger charge is 2.41. The number of pyridine rings is 1. The average Bonchev–Trinajstić information content (AvgIpc) is 2.85. The van der Waals surface area contributed by atoms with Crippen molar-refractivity contribution in [3.05, 3.63) is 23.5 Å². The fraction of sp³-hybridized carbons (Fsp3) is 0.615. The molecule has 19 heavy (non-hydrogen) atoms. The Morgan fingerprint density at radius 1 is 1.42 bits per heavy atom. The van der Waals surface area contributed by atoms with E-state index in [9.17, 15) is 8.42 Å². The third-order valence-electron chi connectivity index (χ3n) is 4.26. The van der Waals surface area contributed by atoms with Crippen molar-refractivity contribution in [3.63, 3.8) is 0 Å². The fourth-order valence-electron chi connectivity index (χ4n) is 2.62. The molecule has 0 saturated carbocycles. The molecule has 1 aromatic heterocycles. The number of hydrogen-bond donors (Lipinski definition) is 0. The summed E-state index contributed by atoms with van der Waals surface area (Å²) in [6, 6.07) is 1.51. The molecule has 106 valence electrons. The molecule has 0 bridgehead atoms. The van der Waals surface area contributed by atoms with E-state index >= 15 is 0 Å². The van der Waals surface area contributed by atoms with Crippen molar-refractivity contribution in [1.82, 2.24) is 9.29 Å². The van der Waals surface area contributed by atoms with E-state index in [1.807, 2.05) is 0 Å². The molecule has 0 amide bonds. The molecule has 4 nitrogen and oxygen atoms in total. The lowest BCUT2D eigenvalue weighted by Crippen LogP contribution is -2.32. The van der Waals surface area contributed by atoms with Gasteiger partial charge in [0.15, 0.2) is 0 Å². The van der Waals surface area contributed by atoms with E-state index in [1.54, 1.807) is 4.31 Å². The Balaban J connectivity index is 2.31. The summed E-state index contributed by atoms with van der Waals surface area (Å²) in [6.07, 6.45) is 5.73. The fourth-order valence-corrected chi connectivity index (χ4v) is 4.58. The first-order valence-electron chi connectivity index (χ1n) is 6.55. The van der Waals surface area contributed by atoms with E-state index in [2.05, 4.69) is 18.8 Å². The van der Waals surface area contributed by atoms with Crippen LogP contribution in [-0.4, -0.2) is 30.8 Å². The highest BCUT2D eigenvalue weighted by molar-refractivity contribution is 7.89. The van der Waals surface area contributed by atoms with Crippen molar-refractivity contribution in [3.8, 4) is 0 Å².